The largest absolute Gasteiger partial charge is 0.508 e. The summed E-state index contributed by atoms with van der Waals surface area (Å²) in [5.41, 5.74) is 0.681. The first-order valence-electron chi connectivity index (χ1n) is 5.17. The second kappa shape index (κ2) is 5.17. The molecule has 1 nitrogen and oxygen atoms in total. The molecule has 0 saturated heterocycles. The second-order valence-electron chi connectivity index (χ2n) is 3.22. The molecule has 3 heteroatoms. The van der Waals surface area contributed by atoms with Crippen LogP contribution in [0.1, 0.15) is 19.4 Å². The smallest absolute Gasteiger partial charge is 0.149 e. The zero-order valence-electron chi connectivity index (χ0n) is 9.51. The molecule has 0 amide bonds. The van der Waals surface area contributed by atoms with Gasteiger partial charge in [-0.05, 0) is 36.1 Å². The Morgan fingerprint density at radius 1 is 1.19 bits per heavy atom. The first-order valence-corrected chi connectivity index (χ1v) is 5.54. The summed E-state index contributed by atoms with van der Waals surface area (Å²) in [6.07, 6.45) is 0. The summed E-state index contributed by atoms with van der Waals surface area (Å²) in [6, 6.07) is 6.20. The number of halogens is 2. The average Bonchev–Trinajstić information content (AvgIpc) is 2.26. The summed E-state index contributed by atoms with van der Waals surface area (Å²) in [5, 5.41) is 10.5. The predicted octanol–water partition coefficient (Wildman–Crippen LogP) is 4.67. The van der Waals surface area contributed by atoms with Gasteiger partial charge in [-0.15, -0.1) is 0 Å². The maximum absolute atomic E-state index is 13.6. The topological polar surface area (TPSA) is 20.2 Å². The van der Waals surface area contributed by atoms with Gasteiger partial charge in [0.1, 0.15) is 11.6 Å². The Hall–Kier alpha value is -1.28. The Morgan fingerprint density at radius 3 is 2.44 bits per heavy atom. The van der Waals surface area contributed by atoms with Gasteiger partial charge in [-0.2, -0.15) is 0 Å². The van der Waals surface area contributed by atoms with Crippen LogP contribution in [0.5, 0.6) is 5.75 Å². The number of benzene rings is 2. The van der Waals surface area contributed by atoms with E-state index in [1.54, 1.807) is 13.0 Å². The van der Waals surface area contributed by atoms with Crippen LogP contribution >= 0.6 is 11.6 Å². The van der Waals surface area contributed by atoms with E-state index >= 15 is 0 Å². The molecule has 2 aromatic rings. The summed E-state index contributed by atoms with van der Waals surface area (Å²) in [7, 11) is 0. The summed E-state index contributed by atoms with van der Waals surface area (Å²) in [4.78, 5) is 0. The minimum Gasteiger partial charge on any atom is -0.508 e. The number of rotatable bonds is 0. The van der Waals surface area contributed by atoms with Crippen molar-refractivity contribution in [3.8, 4) is 5.75 Å². The van der Waals surface area contributed by atoms with Crippen LogP contribution in [0, 0.1) is 12.7 Å². The highest BCUT2D eigenvalue weighted by Crippen LogP contribution is 2.30. The lowest BCUT2D eigenvalue weighted by Gasteiger charge is -2.05. The Bertz CT molecular complexity index is 509. The minimum absolute atomic E-state index is 0.103. The first-order chi connectivity index (χ1) is 7.59. The molecular formula is C13H14ClFO. The van der Waals surface area contributed by atoms with Crippen LogP contribution in [0.2, 0.25) is 5.02 Å². The fourth-order valence-electron chi connectivity index (χ4n) is 1.58. The molecule has 86 valence electrons. The molecule has 0 spiro atoms. The molecule has 0 aliphatic carbocycles. The van der Waals surface area contributed by atoms with Gasteiger partial charge in [0, 0.05) is 5.39 Å². The zero-order chi connectivity index (χ0) is 12.3. The molecule has 0 aliphatic heterocycles. The van der Waals surface area contributed by atoms with Gasteiger partial charge in [-0.1, -0.05) is 31.5 Å². The summed E-state index contributed by atoms with van der Waals surface area (Å²) in [5.74, 6) is -0.293. The standard InChI is InChI=1S/C11H8ClFO.C2H6/c1-6-4-8(14)5-7-2-3-9(12)11(13)10(6)7;1-2/h2-5,14H,1H3;1-2H3. The van der Waals surface area contributed by atoms with E-state index in [4.69, 9.17) is 11.6 Å². The van der Waals surface area contributed by atoms with Crippen molar-refractivity contribution >= 4 is 22.4 Å². The Balaban J connectivity index is 0.000000606. The molecule has 0 fully saturated rings. The molecule has 0 saturated carbocycles. The van der Waals surface area contributed by atoms with E-state index in [1.807, 2.05) is 13.8 Å². The maximum Gasteiger partial charge on any atom is 0.149 e. The van der Waals surface area contributed by atoms with Crippen LogP contribution in [-0.4, -0.2) is 5.11 Å². The van der Waals surface area contributed by atoms with Crippen molar-refractivity contribution in [1.82, 2.24) is 0 Å². The van der Waals surface area contributed by atoms with Crippen molar-refractivity contribution < 1.29 is 9.50 Å². The van der Waals surface area contributed by atoms with Crippen LogP contribution in [0.4, 0.5) is 4.39 Å². The second-order valence-corrected chi connectivity index (χ2v) is 3.63. The van der Waals surface area contributed by atoms with Gasteiger partial charge in [0.2, 0.25) is 0 Å². The van der Waals surface area contributed by atoms with Gasteiger partial charge in [0.05, 0.1) is 5.02 Å². The fourth-order valence-corrected chi connectivity index (χ4v) is 1.74. The first kappa shape index (κ1) is 12.8. The lowest BCUT2D eigenvalue weighted by molar-refractivity contribution is 0.475. The van der Waals surface area contributed by atoms with E-state index in [-0.39, 0.29) is 10.8 Å². The quantitative estimate of drug-likeness (QED) is 0.709. The van der Waals surface area contributed by atoms with Crippen LogP contribution < -0.4 is 0 Å². The SMILES string of the molecule is CC.Cc1cc(O)cc2ccc(Cl)c(F)c12. The van der Waals surface area contributed by atoms with Crippen molar-refractivity contribution in [3.05, 3.63) is 40.7 Å². The Labute approximate surface area is 99.5 Å². The van der Waals surface area contributed by atoms with Crippen molar-refractivity contribution in [2.45, 2.75) is 20.8 Å². The summed E-state index contributed by atoms with van der Waals surface area (Å²) < 4.78 is 13.6. The predicted molar refractivity (Wildman–Crippen MR) is 66.7 cm³/mol. The molecule has 16 heavy (non-hydrogen) atoms. The molecule has 0 aliphatic rings. The van der Waals surface area contributed by atoms with E-state index in [2.05, 4.69) is 0 Å². The van der Waals surface area contributed by atoms with Crippen molar-refractivity contribution in [1.29, 1.82) is 0 Å². The molecule has 2 aromatic carbocycles. The number of aromatic hydroxyl groups is 1. The highest BCUT2D eigenvalue weighted by atomic mass is 35.5. The summed E-state index contributed by atoms with van der Waals surface area (Å²) >= 11 is 5.66. The molecule has 0 bridgehead atoms. The number of fused-ring (bicyclic) bond motifs is 1. The van der Waals surface area contributed by atoms with Gasteiger partial charge in [-0.25, -0.2) is 4.39 Å². The third-order valence-electron chi connectivity index (χ3n) is 2.19. The van der Waals surface area contributed by atoms with Gasteiger partial charge in [0.15, 0.2) is 0 Å². The third-order valence-corrected chi connectivity index (χ3v) is 2.48. The molecular weight excluding hydrogens is 227 g/mol. The third kappa shape index (κ3) is 2.27. The molecule has 0 aromatic heterocycles. The number of aryl methyl sites for hydroxylation is 1. The minimum atomic E-state index is -0.429. The van der Waals surface area contributed by atoms with Gasteiger partial charge >= 0.3 is 0 Å². The van der Waals surface area contributed by atoms with Gasteiger partial charge in [0.25, 0.3) is 0 Å². The van der Waals surface area contributed by atoms with Crippen molar-refractivity contribution in [2.24, 2.45) is 0 Å². The average molecular weight is 241 g/mol. The molecule has 0 unspecified atom stereocenters. The molecule has 0 atom stereocenters. The van der Waals surface area contributed by atoms with E-state index in [0.29, 0.717) is 16.3 Å². The van der Waals surface area contributed by atoms with E-state index in [1.165, 1.54) is 18.2 Å². The lowest BCUT2D eigenvalue weighted by Crippen LogP contribution is -1.85. The normalized spacial score (nSPS) is 9.81. The fraction of sp³-hybridized carbons (Fsp3) is 0.231. The van der Waals surface area contributed by atoms with Crippen LogP contribution in [0.3, 0.4) is 0 Å². The van der Waals surface area contributed by atoms with E-state index in [9.17, 15) is 9.50 Å². The number of hydrogen-bond acceptors (Lipinski definition) is 1. The van der Waals surface area contributed by atoms with Gasteiger partial charge in [-0.3, -0.25) is 0 Å². The van der Waals surface area contributed by atoms with Crippen LogP contribution in [0.25, 0.3) is 10.8 Å². The van der Waals surface area contributed by atoms with Crippen molar-refractivity contribution in [2.75, 3.05) is 0 Å². The molecule has 1 N–H and O–H groups in total. The van der Waals surface area contributed by atoms with Crippen LogP contribution in [-0.2, 0) is 0 Å². The maximum atomic E-state index is 13.6. The Kier molecular flexibility index (Phi) is 4.13. The summed E-state index contributed by atoms with van der Waals surface area (Å²) in [6.45, 7) is 5.74. The zero-order valence-corrected chi connectivity index (χ0v) is 10.3. The number of phenolic OH excluding ortho intramolecular Hbond substituents is 1. The number of phenols is 1. The van der Waals surface area contributed by atoms with Crippen LogP contribution in [0.15, 0.2) is 24.3 Å². The molecule has 0 radical (unpaired) electrons. The molecule has 2 rings (SSSR count). The van der Waals surface area contributed by atoms with E-state index < -0.39 is 5.82 Å². The lowest BCUT2D eigenvalue weighted by atomic mass is 10.0. The van der Waals surface area contributed by atoms with Gasteiger partial charge < -0.3 is 5.11 Å². The van der Waals surface area contributed by atoms with Crippen molar-refractivity contribution in [3.63, 3.8) is 0 Å². The van der Waals surface area contributed by atoms with E-state index in [0.717, 1.165) is 0 Å². The Morgan fingerprint density at radius 2 is 1.81 bits per heavy atom. The highest BCUT2D eigenvalue weighted by molar-refractivity contribution is 6.31. The highest BCUT2D eigenvalue weighted by Gasteiger charge is 2.08. The molecule has 0 heterocycles. The monoisotopic (exact) mass is 240 g/mol. The number of hydrogen-bond donors (Lipinski definition) is 1.